The Morgan fingerprint density at radius 2 is 1.60 bits per heavy atom. The van der Waals surface area contributed by atoms with Gasteiger partial charge in [-0.25, -0.2) is 8.42 Å². The monoisotopic (exact) mass is 461 g/mol. The van der Waals surface area contributed by atoms with E-state index < -0.39 is 32.7 Å². The number of carbonyl (C=O) groups is 1. The Balaban J connectivity index is 2.29. The molecule has 2 rings (SSSR count). The molecule has 0 fully saturated rings. The van der Waals surface area contributed by atoms with Crippen LogP contribution in [0.15, 0.2) is 47.4 Å². The zero-order chi connectivity index (χ0) is 22.9. The van der Waals surface area contributed by atoms with Crippen LogP contribution in [0.2, 0.25) is 5.02 Å². The number of nitrogens with zero attached hydrogens (tertiary/aromatic N) is 1. The minimum absolute atomic E-state index is 0.128. The number of alkyl halides is 3. The number of benzene rings is 2. The van der Waals surface area contributed by atoms with Gasteiger partial charge in [-0.05, 0) is 48.9 Å². The Morgan fingerprint density at radius 3 is 2.03 bits per heavy atom. The molecular weight excluding hydrogens is 439 g/mol. The van der Waals surface area contributed by atoms with Gasteiger partial charge >= 0.3 is 6.18 Å². The van der Waals surface area contributed by atoms with Gasteiger partial charge < -0.3 is 4.90 Å². The first-order chi connectivity index (χ1) is 13.7. The van der Waals surface area contributed by atoms with Crippen molar-refractivity contribution in [1.82, 2.24) is 0 Å². The van der Waals surface area contributed by atoms with Gasteiger partial charge in [-0.2, -0.15) is 13.2 Å². The fraction of sp³-hybridized carbons (Fsp3) is 0.381. The van der Waals surface area contributed by atoms with Crippen molar-refractivity contribution in [2.75, 3.05) is 11.4 Å². The van der Waals surface area contributed by atoms with Crippen LogP contribution in [0.1, 0.15) is 38.8 Å². The molecule has 4 nitrogen and oxygen atoms in total. The highest BCUT2D eigenvalue weighted by Crippen LogP contribution is 2.32. The maximum Gasteiger partial charge on any atom is 0.416 e. The molecule has 0 unspecified atom stereocenters. The average Bonchev–Trinajstić information content (AvgIpc) is 2.62. The third-order valence-corrected chi connectivity index (χ3v) is 6.41. The number of halogens is 4. The summed E-state index contributed by atoms with van der Waals surface area (Å²) in [6, 6.07) is 7.93. The molecule has 0 bridgehead atoms. The molecule has 0 aliphatic heterocycles. The maximum absolute atomic E-state index is 12.7. The number of hydrogen-bond donors (Lipinski definition) is 0. The van der Waals surface area contributed by atoms with Crippen molar-refractivity contribution in [3.8, 4) is 0 Å². The summed E-state index contributed by atoms with van der Waals surface area (Å²) in [7, 11) is -3.88. The predicted octanol–water partition coefficient (Wildman–Crippen LogP) is 5.73. The second-order valence-corrected chi connectivity index (χ2v) is 10.3. The van der Waals surface area contributed by atoms with E-state index in [1.807, 2.05) is 6.92 Å². The van der Waals surface area contributed by atoms with E-state index in [1.165, 1.54) is 11.0 Å². The van der Waals surface area contributed by atoms with Crippen molar-refractivity contribution in [3.05, 3.63) is 58.6 Å². The van der Waals surface area contributed by atoms with E-state index >= 15 is 0 Å². The van der Waals surface area contributed by atoms with Crippen LogP contribution in [-0.4, -0.2) is 20.9 Å². The summed E-state index contributed by atoms with van der Waals surface area (Å²) < 4.78 is 63.2. The van der Waals surface area contributed by atoms with Gasteiger partial charge in [-0.1, -0.05) is 38.4 Å². The van der Waals surface area contributed by atoms with Gasteiger partial charge in [0.05, 0.1) is 26.9 Å². The van der Waals surface area contributed by atoms with E-state index in [9.17, 15) is 26.4 Å². The van der Waals surface area contributed by atoms with Crippen LogP contribution in [0.5, 0.6) is 0 Å². The van der Waals surface area contributed by atoms with Gasteiger partial charge in [-0.3, -0.25) is 4.79 Å². The quantitative estimate of drug-likeness (QED) is 0.571. The summed E-state index contributed by atoms with van der Waals surface area (Å²) in [6.07, 6.45) is -4.54. The molecule has 0 heterocycles. The van der Waals surface area contributed by atoms with E-state index in [0.29, 0.717) is 17.8 Å². The maximum atomic E-state index is 12.7. The molecule has 0 aromatic heterocycles. The topological polar surface area (TPSA) is 54.5 Å². The number of sulfone groups is 1. The lowest BCUT2D eigenvalue weighted by Gasteiger charge is -2.29. The third-order valence-electron chi connectivity index (χ3n) is 4.40. The molecule has 0 atom stereocenters. The fourth-order valence-electron chi connectivity index (χ4n) is 2.84. The second-order valence-electron chi connectivity index (χ2n) is 7.87. The smallest absolute Gasteiger partial charge is 0.311 e. The highest BCUT2D eigenvalue weighted by Gasteiger charge is 2.31. The van der Waals surface area contributed by atoms with Crippen molar-refractivity contribution >= 4 is 33.0 Å². The van der Waals surface area contributed by atoms with Crippen LogP contribution in [0, 0.1) is 5.41 Å². The summed E-state index contributed by atoms with van der Waals surface area (Å²) in [4.78, 5) is 13.9. The van der Waals surface area contributed by atoms with E-state index in [2.05, 4.69) is 0 Å². The summed E-state index contributed by atoms with van der Waals surface area (Å²) >= 11 is 6.33. The highest BCUT2D eigenvalue weighted by molar-refractivity contribution is 7.90. The van der Waals surface area contributed by atoms with Gasteiger partial charge in [0, 0.05) is 12.0 Å². The minimum Gasteiger partial charge on any atom is -0.311 e. The molecule has 30 heavy (non-hydrogen) atoms. The lowest BCUT2D eigenvalue weighted by Crippen LogP contribution is -2.39. The van der Waals surface area contributed by atoms with Crippen LogP contribution in [0.3, 0.4) is 0 Å². The molecule has 0 aliphatic rings. The minimum atomic E-state index is -4.54. The first-order valence-electron chi connectivity index (χ1n) is 9.17. The van der Waals surface area contributed by atoms with Crippen LogP contribution < -0.4 is 4.90 Å². The van der Waals surface area contributed by atoms with Crippen LogP contribution in [0.4, 0.5) is 18.9 Å². The SMILES string of the molecule is CCN(C(=O)C(C)(C)C)c1ccc(CS(=O)(=O)c2ccc(C(F)(F)F)cc2)cc1Cl. The van der Waals surface area contributed by atoms with Gasteiger partial charge in [0.25, 0.3) is 0 Å². The second kappa shape index (κ2) is 8.59. The first-order valence-corrected chi connectivity index (χ1v) is 11.2. The van der Waals surface area contributed by atoms with Crippen molar-refractivity contribution in [3.63, 3.8) is 0 Å². The molecule has 0 aliphatic carbocycles. The Labute approximate surface area is 179 Å². The van der Waals surface area contributed by atoms with Crippen molar-refractivity contribution in [1.29, 1.82) is 0 Å². The first kappa shape index (κ1) is 24.2. The summed E-state index contributed by atoms with van der Waals surface area (Å²) in [6.45, 7) is 7.56. The van der Waals surface area contributed by atoms with Gasteiger partial charge in [0.2, 0.25) is 5.91 Å². The van der Waals surface area contributed by atoms with Crippen molar-refractivity contribution in [2.24, 2.45) is 5.41 Å². The molecule has 0 N–H and O–H groups in total. The number of rotatable bonds is 5. The molecule has 0 radical (unpaired) electrons. The Hall–Kier alpha value is -2.06. The zero-order valence-electron chi connectivity index (χ0n) is 17.0. The normalized spacial score (nSPS) is 12.7. The average molecular weight is 462 g/mol. The lowest BCUT2D eigenvalue weighted by atomic mass is 9.94. The molecular formula is C21H23ClF3NO3S. The zero-order valence-corrected chi connectivity index (χ0v) is 18.6. The standard InChI is InChI=1S/C21H23ClF3NO3S/c1-5-26(19(27)20(2,3)4)18-11-6-14(12-17(18)22)13-30(28,29)16-9-7-15(8-10-16)21(23,24)25/h6-12H,5,13H2,1-4H3. The number of amides is 1. The summed E-state index contributed by atoms with van der Waals surface area (Å²) in [5.41, 5.74) is -0.709. The Bertz CT molecular complexity index is 1030. The summed E-state index contributed by atoms with van der Waals surface area (Å²) in [5, 5.41) is 0.217. The third kappa shape index (κ3) is 5.55. The molecule has 0 saturated heterocycles. The molecule has 1 amide bonds. The van der Waals surface area contributed by atoms with Crippen LogP contribution >= 0.6 is 11.6 Å². The molecule has 2 aromatic rings. The summed E-state index contributed by atoms with van der Waals surface area (Å²) in [5.74, 6) is -0.561. The molecule has 0 saturated carbocycles. The van der Waals surface area contributed by atoms with Crippen LogP contribution in [-0.2, 0) is 26.6 Å². The van der Waals surface area contributed by atoms with E-state index in [4.69, 9.17) is 11.6 Å². The van der Waals surface area contributed by atoms with Crippen molar-refractivity contribution < 1.29 is 26.4 Å². The van der Waals surface area contributed by atoms with Gasteiger partial charge in [-0.15, -0.1) is 0 Å². The Morgan fingerprint density at radius 1 is 1.03 bits per heavy atom. The number of carbonyl (C=O) groups excluding carboxylic acids is 1. The van der Waals surface area contributed by atoms with Gasteiger partial charge in [0.1, 0.15) is 0 Å². The molecule has 2 aromatic carbocycles. The van der Waals surface area contributed by atoms with Gasteiger partial charge in [0.15, 0.2) is 9.84 Å². The van der Waals surface area contributed by atoms with E-state index in [1.54, 1.807) is 32.9 Å². The van der Waals surface area contributed by atoms with E-state index in [0.717, 1.165) is 24.3 Å². The van der Waals surface area contributed by atoms with E-state index in [-0.39, 0.29) is 15.8 Å². The van der Waals surface area contributed by atoms with Crippen LogP contribution in [0.25, 0.3) is 0 Å². The largest absolute Gasteiger partial charge is 0.416 e. The fourth-order valence-corrected chi connectivity index (χ4v) is 4.48. The Kier molecular flexibility index (Phi) is 6.93. The predicted molar refractivity (Wildman–Crippen MR) is 111 cm³/mol. The van der Waals surface area contributed by atoms with Crippen molar-refractivity contribution in [2.45, 2.75) is 44.5 Å². The highest BCUT2D eigenvalue weighted by atomic mass is 35.5. The number of anilines is 1. The lowest BCUT2D eigenvalue weighted by molar-refractivity contribution is -0.137. The number of hydrogen-bond acceptors (Lipinski definition) is 3. The molecule has 9 heteroatoms. The molecule has 0 spiro atoms. The molecule has 164 valence electrons.